The lowest BCUT2D eigenvalue weighted by molar-refractivity contribution is -0.146. The lowest BCUT2D eigenvalue weighted by atomic mass is 10.3. The van der Waals surface area contributed by atoms with Crippen LogP contribution >= 0.6 is 23.2 Å². The molecule has 0 saturated carbocycles. The summed E-state index contributed by atoms with van der Waals surface area (Å²) in [6, 6.07) is 2.48. The molecule has 1 aromatic heterocycles. The summed E-state index contributed by atoms with van der Waals surface area (Å²) in [5.74, 6) is -1.42. The highest BCUT2D eigenvalue weighted by molar-refractivity contribution is 6.45. The third-order valence-corrected chi connectivity index (χ3v) is 3.12. The molecule has 1 heterocycles. The number of benzene rings is 1. The van der Waals surface area contributed by atoms with Crippen molar-refractivity contribution < 1.29 is 22.7 Å². The van der Waals surface area contributed by atoms with Gasteiger partial charge in [-0.25, -0.2) is 14.3 Å². The average molecular weight is 313 g/mol. The molecule has 0 aliphatic carbocycles. The molecule has 0 aliphatic heterocycles. The molecule has 0 atom stereocenters. The maximum Gasteiger partial charge on any atom is 0.450 e. The third-order valence-electron chi connectivity index (χ3n) is 2.33. The van der Waals surface area contributed by atoms with Crippen molar-refractivity contribution in [3.63, 3.8) is 0 Å². The Morgan fingerprint density at radius 1 is 1.37 bits per heavy atom. The van der Waals surface area contributed by atoms with Crippen LogP contribution in [0.4, 0.5) is 18.0 Å². The van der Waals surface area contributed by atoms with E-state index in [0.717, 1.165) is 7.11 Å². The van der Waals surface area contributed by atoms with Gasteiger partial charge in [0.15, 0.2) is 0 Å². The first-order chi connectivity index (χ1) is 8.77. The maximum absolute atomic E-state index is 12.8. The molecule has 102 valence electrons. The summed E-state index contributed by atoms with van der Waals surface area (Å²) in [6.07, 6.45) is -6.04. The molecule has 0 radical (unpaired) electrons. The van der Waals surface area contributed by atoms with Crippen molar-refractivity contribution in [1.29, 1.82) is 0 Å². The molecule has 9 heteroatoms. The van der Waals surface area contributed by atoms with Gasteiger partial charge in [0.25, 0.3) is 0 Å². The van der Waals surface area contributed by atoms with E-state index in [1.54, 1.807) is 0 Å². The third kappa shape index (κ3) is 2.23. The number of halogens is 5. The van der Waals surface area contributed by atoms with Crippen LogP contribution in [-0.2, 0) is 10.9 Å². The number of carbonyl (C=O) groups is 1. The van der Waals surface area contributed by atoms with Crippen LogP contribution in [0, 0.1) is 0 Å². The second-order valence-corrected chi connectivity index (χ2v) is 4.25. The summed E-state index contributed by atoms with van der Waals surface area (Å²) < 4.78 is 43.2. The number of hydrogen-bond donors (Lipinski definition) is 0. The minimum absolute atomic E-state index is 0.0393. The summed E-state index contributed by atoms with van der Waals surface area (Å²) in [4.78, 5) is 14.8. The number of rotatable bonds is 0. The smallest absolute Gasteiger partial charge is 0.450 e. The van der Waals surface area contributed by atoms with Crippen LogP contribution in [0.1, 0.15) is 5.82 Å². The summed E-state index contributed by atoms with van der Waals surface area (Å²) >= 11 is 11.5. The largest absolute Gasteiger partial charge is 0.452 e. The molecular formula is C10H5Cl2F3N2O2. The van der Waals surface area contributed by atoms with Crippen LogP contribution in [0.3, 0.4) is 0 Å². The lowest BCUT2D eigenvalue weighted by Crippen LogP contribution is -2.21. The van der Waals surface area contributed by atoms with Crippen LogP contribution in [0.15, 0.2) is 12.1 Å². The molecule has 0 aliphatic rings. The topological polar surface area (TPSA) is 44.1 Å². The van der Waals surface area contributed by atoms with Crippen molar-refractivity contribution >= 4 is 40.3 Å². The Labute approximate surface area is 114 Å². The van der Waals surface area contributed by atoms with Gasteiger partial charge < -0.3 is 4.74 Å². The van der Waals surface area contributed by atoms with E-state index in [0.29, 0.717) is 4.57 Å². The Balaban J connectivity index is 2.89. The fraction of sp³-hybridized carbons (Fsp3) is 0.200. The molecule has 0 N–H and O–H groups in total. The zero-order valence-electron chi connectivity index (χ0n) is 9.26. The minimum atomic E-state index is -4.83. The van der Waals surface area contributed by atoms with Gasteiger partial charge in [-0.1, -0.05) is 23.2 Å². The number of hydrogen-bond acceptors (Lipinski definition) is 3. The first kappa shape index (κ1) is 14.0. The molecule has 4 nitrogen and oxygen atoms in total. The SMILES string of the molecule is COC(=O)n1c(C(F)(F)F)nc2c(Cl)c(Cl)ccc21. The first-order valence-electron chi connectivity index (χ1n) is 4.79. The Bertz CT molecular complexity index is 667. The van der Waals surface area contributed by atoms with Crippen molar-refractivity contribution in [3.05, 3.63) is 28.0 Å². The van der Waals surface area contributed by atoms with Crippen LogP contribution < -0.4 is 0 Å². The van der Waals surface area contributed by atoms with E-state index < -0.39 is 18.1 Å². The van der Waals surface area contributed by atoms with Crippen molar-refractivity contribution in [2.24, 2.45) is 0 Å². The molecule has 2 rings (SSSR count). The van der Waals surface area contributed by atoms with Crippen molar-refractivity contribution in [3.8, 4) is 0 Å². The molecule has 0 fully saturated rings. The standard InChI is InChI=1S/C10H5Cl2F3N2O2/c1-19-9(18)17-5-3-2-4(11)6(12)7(5)16-8(17)10(13,14)15/h2-3H,1H3. The fourth-order valence-electron chi connectivity index (χ4n) is 1.55. The van der Waals surface area contributed by atoms with E-state index in [-0.39, 0.29) is 21.1 Å². The minimum Gasteiger partial charge on any atom is -0.452 e. The monoisotopic (exact) mass is 312 g/mol. The van der Waals surface area contributed by atoms with Crippen LogP contribution in [-0.4, -0.2) is 22.8 Å². The zero-order valence-corrected chi connectivity index (χ0v) is 10.8. The second kappa shape index (κ2) is 4.57. The highest BCUT2D eigenvalue weighted by Crippen LogP contribution is 2.36. The summed E-state index contributed by atoms with van der Waals surface area (Å²) in [5.41, 5.74) is -0.347. The highest BCUT2D eigenvalue weighted by atomic mass is 35.5. The molecular weight excluding hydrogens is 308 g/mol. The number of methoxy groups -OCH3 is 1. The number of ether oxygens (including phenoxy) is 1. The van der Waals surface area contributed by atoms with E-state index in [2.05, 4.69) is 9.72 Å². The number of alkyl halides is 3. The molecule has 0 amide bonds. The fourth-order valence-corrected chi connectivity index (χ4v) is 1.91. The highest BCUT2D eigenvalue weighted by Gasteiger charge is 2.40. The second-order valence-electron chi connectivity index (χ2n) is 3.47. The Morgan fingerprint density at radius 2 is 2.00 bits per heavy atom. The van der Waals surface area contributed by atoms with E-state index in [1.807, 2.05) is 0 Å². The van der Waals surface area contributed by atoms with E-state index in [4.69, 9.17) is 23.2 Å². The molecule has 0 saturated heterocycles. The van der Waals surface area contributed by atoms with Crippen molar-refractivity contribution in [2.45, 2.75) is 6.18 Å². The van der Waals surface area contributed by atoms with Crippen molar-refractivity contribution in [2.75, 3.05) is 7.11 Å². The van der Waals surface area contributed by atoms with E-state index in [1.165, 1.54) is 12.1 Å². The quantitative estimate of drug-likeness (QED) is 0.739. The van der Waals surface area contributed by atoms with Crippen LogP contribution in [0.2, 0.25) is 10.0 Å². The molecule has 0 bridgehead atoms. The zero-order chi connectivity index (χ0) is 14.4. The lowest BCUT2D eigenvalue weighted by Gasteiger charge is -2.08. The molecule has 0 unspecified atom stereocenters. The van der Waals surface area contributed by atoms with Gasteiger partial charge >= 0.3 is 12.3 Å². The normalized spacial score (nSPS) is 11.9. The molecule has 0 spiro atoms. The van der Waals surface area contributed by atoms with Crippen LogP contribution in [0.5, 0.6) is 0 Å². The van der Waals surface area contributed by atoms with E-state index >= 15 is 0 Å². The summed E-state index contributed by atoms with van der Waals surface area (Å²) in [5, 5.41) is -0.121. The van der Waals surface area contributed by atoms with Crippen molar-refractivity contribution in [1.82, 2.24) is 9.55 Å². The van der Waals surface area contributed by atoms with E-state index in [9.17, 15) is 18.0 Å². The van der Waals surface area contributed by atoms with Gasteiger partial charge in [-0.15, -0.1) is 0 Å². The Kier molecular flexibility index (Phi) is 3.36. The number of imidazole rings is 1. The number of aromatic nitrogens is 2. The predicted molar refractivity (Wildman–Crippen MR) is 62.6 cm³/mol. The summed E-state index contributed by atoms with van der Waals surface area (Å²) in [7, 11) is 0.964. The van der Waals surface area contributed by atoms with Gasteiger partial charge in [-0.05, 0) is 12.1 Å². The molecule has 1 aromatic carbocycles. The number of nitrogens with zero attached hydrogens (tertiary/aromatic N) is 2. The average Bonchev–Trinajstić information content (AvgIpc) is 2.73. The van der Waals surface area contributed by atoms with Gasteiger partial charge in [0.05, 0.1) is 22.7 Å². The Hall–Kier alpha value is -1.47. The predicted octanol–water partition coefficient (Wildman–Crippen LogP) is 3.98. The van der Waals surface area contributed by atoms with Gasteiger partial charge in [0.1, 0.15) is 5.52 Å². The molecule has 19 heavy (non-hydrogen) atoms. The van der Waals surface area contributed by atoms with Gasteiger partial charge in [-0.2, -0.15) is 13.2 Å². The Morgan fingerprint density at radius 3 is 2.53 bits per heavy atom. The van der Waals surface area contributed by atoms with Gasteiger partial charge in [0.2, 0.25) is 5.82 Å². The number of fused-ring (bicyclic) bond motifs is 1. The maximum atomic E-state index is 12.8. The van der Waals surface area contributed by atoms with Gasteiger partial charge in [0, 0.05) is 0 Å². The van der Waals surface area contributed by atoms with Crippen LogP contribution in [0.25, 0.3) is 11.0 Å². The number of carbonyl (C=O) groups excluding carboxylic acids is 1. The first-order valence-corrected chi connectivity index (χ1v) is 5.55. The summed E-state index contributed by atoms with van der Waals surface area (Å²) in [6.45, 7) is 0. The van der Waals surface area contributed by atoms with Gasteiger partial charge in [-0.3, -0.25) is 0 Å². The molecule has 2 aromatic rings.